The van der Waals surface area contributed by atoms with Crippen LogP contribution in [0.3, 0.4) is 0 Å². The van der Waals surface area contributed by atoms with Gasteiger partial charge in [0, 0.05) is 17.5 Å². The molecule has 0 radical (unpaired) electrons. The van der Waals surface area contributed by atoms with E-state index in [2.05, 4.69) is 31.8 Å². The summed E-state index contributed by atoms with van der Waals surface area (Å²) in [4.78, 5) is 15.8. The summed E-state index contributed by atoms with van der Waals surface area (Å²) in [7, 11) is 0. The zero-order valence-electron chi connectivity index (χ0n) is 14.6. The van der Waals surface area contributed by atoms with Gasteiger partial charge in [-0.25, -0.2) is 0 Å². The van der Waals surface area contributed by atoms with Crippen molar-refractivity contribution < 1.29 is 14.3 Å². The lowest BCUT2D eigenvalue weighted by Gasteiger charge is -2.20. The second-order valence-corrected chi connectivity index (χ2v) is 6.47. The topological polar surface area (TPSA) is 47.9 Å². The number of rotatable bonds is 8. The third-order valence-electron chi connectivity index (χ3n) is 4.43. The minimum absolute atomic E-state index is 0.0195. The highest BCUT2D eigenvalue weighted by Crippen LogP contribution is 2.41. The summed E-state index contributed by atoms with van der Waals surface area (Å²) in [6, 6.07) is 6.12. The Labute approximate surface area is 138 Å². The van der Waals surface area contributed by atoms with Gasteiger partial charge in [0.1, 0.15) is 5.75 Å². The van der Waals surface area contributed by atoms with E-state index in [9.17, 15) is 4.79 Å². The van der Waals surface area contributed by atoms with Gasteiger partial charge < -0.3 is 9.47 Å². The molecule has 0 aromatic heterocycles. The summed E-state index contributed by atoms with van der Waals surface area (Å²) in [6.07, 6.45) is 3.26. The SMILES string of the molecule is CCOC(=O)CCCCCOc1ccc2c(c1)C(C)(C)C(C)=N2. The molecule has 1 aromatic carbocycles. The average Bonchev–Trinajstić information content (AvgIpc) is 2.73. The number of unbranched alkanes of at least 4 members (excludes halogenated alkanes) is 2. The van der Waals surface area contributed by atoms with Crippen molar-refractivity contribution in [2.45, 2.75) is 58.8 Å². The predicted octanol–water partition coefficient (Wildman–Crippen LogP) is 4.57. The number of aliphatic imine (C=N–C) groups is 1. The first-order chi connectivity index (χ1) is 10.9. The molecule has 4 nitrogen and oxygen atoms in total. The first-order valence-corrected chi connectivity index (χ1v) is 8.44. The highest BCUT2D eigenvalue weighted by molar-refractivity contribution is 5.99. The van der Waals surface area contributed by atoms with Crippen LogP contribution < -0.4 is 4.74 Å². The van der Waals surface area contributed by atoms with Crippen LogP contribution in [0.15, 0.2) is 23.2 Å². The van der Waals surface area contributed by atoms with Gasteiger partial charge in [-0.1, -0.05) is 13.8 Å². The van der Waals surface area contributed by atoms with Gasteiger partial charge in [-0.3, -0.25) is 9.79 Å². The Hall–Kier alpha value is -1.84. The molecule has 126 valence electrons. The van der Waals surface area contributed by atoms with E-state index in [1.54, 1.807) is 0 Å². The Kier molecular flexibility index (Phi) is 5.80. The van der Waals surface area contributed by atoms with E-state index in [1.165, 1.54) is 5.56 Å². The molecule has 0 N–H and O–H groups in total. The molecule has 1 aliphatic rings. The van der Waals surface area contributed by atoms with Crippen molar-refractivity contribution in [3.05, 3.63) is 23.8 Å². The molecule has 2 rings (SSSR count). The molecule has 0 unspecified atom stereocenters. The fourth-order valence-corrected chi connectivity index (χ4v) is 2.69. The molecule has 1 heterocycles. The quantitative estimate of drug-likeness (QED) is 0.521. The van der Waals surface area contributed by atoms with Gasteiger partial charge in [0.05, 0.1) is 18.9 Å². The smallest absolute Gasteiger partial charge is 0.305 e. The van der Waals surface area contributed by atoms with Gasteiger partial charge >= 0.3 is 5.97 Å². The molecule has 0 spiro atoms. The number of esters is 1. The molecule has 1 aliphatic heterocycles. The van der Waals surface area contributed by atoms with Crippen molar-refractivity contribution in [2.75, 3.05) is 13.2 Å². The van der Waals surface area contributed by atoms with Gasteiger partial charge in [-0.2, -0.15) is 0 Å². The molecule has 0 fully saturated rings. The summed E-state index contributed by atoms with van der Waals surface area (Å²) < 4.78 is 10.8. The maximum atomic E-state index is 11.2. The fourth-order valence-electron chi connectivity index (χ4n) is 2.69. The zero-order valence-corrected chi connectivity index (χ0v) is 14.6. The normalized spacial score (nSPS) is 15.0. The number of fused-ring (bicyclic) bond motifs is 1. The molecule has 4 heteroatoms. The maximum Gasteiger partial charge on any atom is 0.305 e. The Balaban J connectivity index is 1.74. The van der Waals surface area contributed by atoms with E-state index in [4.69, 9.17) is 9.47 Å². The van der Waals surface area contributed by atoms with Crippen LogP contribution in [-0.2, 0) is 14.9 Å². The second kappa shape index (κ2) is 7.62. The lowest BCUT2D eigenvalue weighted by atomic mass is 9.82. The molecular formula is C19H27NO3. The Morgan fingerprint density at radius 1 is 1.22 bits per heavy atom. The van der Waals surface area contributed by atoms with Crippen molar-refractivity contribution in [1.29, 1.82) is 0 Å². The van der Waals surface area contributed by atoms with Crippen molar-refractivity contribution >= 4 is 17.4 Å². The summed E-state index contributed by atoms with van der Waals surface area (Å²) >= 11 is 0. The monoisotopic (exact) mass is 317 g/mol. The van der Waals surface area contributed by atoms with Crippen molar-refractivity contribution in [1.82, 2.24) is 0 Å². The van der Waals surface area contributed by atoms with Crippen LogP contribution in [0.5, 0.6) is 5.75 Å². The van der Waals surface area contributed by atoms with Gasteiger partial charge in [0.25, 0.3) is 0 Å². The molecule has 0 atom stereocenters. The standard InChI is InChI=1S/C19H27NO3/c1-5-22-18(21)9-7-6-8-12-23-15-10-11-17-16(13-15)19(3,4)14(2)20-17/h10-11,13H,5-9,12H2,1-4H3. The van der Waals surface area contributed by atoms with E-state index in [1.807, 2.05) is 19.1 Å². The second-order valence-electron chi connectivity index (χ2n) is 6.47. The Bertz CT molecular complexity index is 590. The third kappa shape index (κ3) is 4.34. The molecule has 1 aromatic rings. The molecule has 0 saturated carbocycles. The number of carbonyl (C=O) groups excluding carboxylic acids is 1. The predicted molar refractivity (Wildman–Crippen MR) is 92.8 cm³/mol. The molecule has 23 heavy (non-hydrogen) atoms. The number of benzene rings is 1. The van der Waals surface area contributed by atoms with Gasteiger partial charge in [0.15, 0.2) is 0 Å². The maximum absolute atomic E-state index is 11.2. The molecule has 0 saturated heterocycles. The largest absolute Gasteiger partial charge is 0.494 e. The van der Waals surface area contributed by atoms with Crippen LogP contribution in [0.1, 0.15) is 58.9 Å². The van der Waals surface area contributed by atoms with E-state index in [0.717, 1.165) is 36.4 Å². The summed E-state index contributed by atoms with van der Waals surface area (Å²) in [5.74, 6) is 0.789. The van der Waals surface area contributed by atoms with E-state index in [-0.39, 0.29) is 11.4 Å². The van der Waals surface area contributed by atoms with E-state index >= 15 is 0 Å². The number of carbonyl (C=O) groups is 1. The lowest BCUT2D eigenvalue weighted by Crippen LogP contribution is -2.22. The van der Waals surface area contributed by atoms with Crippen LogP contribution in [0.2, 0.25) is 0 Å². The third-order valence-corrected chi connectivity index (χ3v) is 4.43. The number of ether oxygens (including phenoxy) is 2. The first kappa shape index (κ1) is 17.5. The van der Waals surface area contributed by atoms with Gasteiger partial charge in [-0.15, -0.1) is 0 Å². The number of hydrogen-bond donors (Lipinski definition) is 0. The van der Waals surface area contributed by atoms with E-state index < -0.39 is 0 Å². The number of nitrogens with zero attached hydrogens (tertiary/aromatic N) is 1. The summed E-state index contributed by atoms with van der Waals surface area (Å²) in [6.45, 7) is 9.41. The molecular weight excluding hydrogens is 290 g/mol. The fraction of sp³-hybridized carbons (Fsp3) is 0.579. The van der Waals surface area contributed by atoms with Crippen molar-refractivity contribution in [3.8, 4) is 5.75 Å². The summed E-state index contributed by atoms with van der Waals surface area (Å²) in [5.41, 5.74) is 3.40. The minimum Gasteiger partial charge on any atom is -0.494 e. The lowest BCUT2D eigenvalue weighted by molar-refractivity contribution is -0.143. The summed E-state index contributed by atoms with van der Waals surface area (Å²) in [5, 5.41) is 0. The van der Waals surface area contributed by atoms with Crippen LogP contribution in [0.25, 0.3) is 0 Å². The Morgan fingerprint density at radius 3 is 2.74 bits per heavy atom. The highest BCUT2D eigenvalue weighted by Gasteiger charge is 2.32. The first-order valence-electron chi connectivity index (χ1n) is 8.44. The van der Waals surface area contributed by atoms with E-state index in [0.29, 0.717) is 19.6 Å². The van der Waals surface area contributed by atoms with Gasteiger partial charge in [-0.05, 0) is 56.9 Å². The van der Waals surface area contributed by atoms with Gasteiger partial charge in [0.2, 0.25) is 0 Å². The van der Waals surface area contributed by atoms with Crippen LogP contribution in [-0.4, -0.2) is 24.9 Å². The van der Waals surface area contributed by atoms with Crippen LogP contribution in [0, 0.1) is 0 Å². The average molecular weight is 317 g/mol. The Morgan fingerprint density at radius 2 is 2.00 bits per heavy atom. The zero-order chi connectivity index (χ0) is 16.9. The van der Waals surface area contributed by atoms with Crippen LogP contribution in [0.4, 0.5) is 5.69 Å². The molecule has 0 bridgehead atoms. The molecule has 0 aliphatic carbocycles. The molecule has 0 amide bonds. The van der Waals surface area contributed by atoms with Crippen LogP contribution >= 0.6 is 0 Å². The van der Waals surface area contributed by atoms with Crippen molar-refractivity contribution in [2.24, 2.45) is 4.99 Å². The minimum atomic E-state index is -0.107. The number of hydrogen-bond acceptors (Lipinski definition) is 4. The van der Waals surface area contributed by atoms with Crippen molar-refractivity contribution in [3.63, 3.8) is 0 Å². The highest BCUT2D eigenvalue weighted by atomic mass is 16.5.